The summed E-state index contributed by atoms with van der Waals surface area (Å²) < 4.78 is 10.7. The molecule has 0 amide bonds. The third-order valence-electron chi connectivity index (χ3n) is 3.41. The molecule has 1 aromatic rings. The predicted octanol–water partition coefficient (Wildman–Crippen LogP) is 2.70. The molecule has 1 rings (SSSR count). The van der Waals surface area contributed by atoms with Crippen molar-refractivity contribution in [1.82, 2.24) is 4.90 Å². The molecule has 0 heterocycles. The summed E-state index contributed by atoms with van der Waals surface area (Å²) in [4.78, 5) is 2.16. The van der Waals surface area contributed by atoms with E-state index in [-0.39, 0.29) is 0 Å². The van der Waals surface area contributed by atoms with Crippen LogP contribution in [0.5, 0.6) is 5.75 Å². The molecule has 1 aromatic carbocycles. The van der Waals surface area contributed by atoms with E-state index in [1.807, 2.05) is 0 Å². The molecule has 102 valence electrons. The van der Waals surface area contributed by atoms with E-state index in [0.717, 1.165) is 18.7 Å². The molecule has 0 saturated heterocycles. The lowest BCUT2D eigenvalue weighted by Crippen LogP contribution is -2.23. The largest absolute Gasteiger partial charge is 0.496 e. The van der Waals surface area contributed by atoms with Gasteiger partial charge in [0, 0.05) is 13.7 Å². The smallest absolute Gasteiger partial charge is 0.125 e. The van der Waals surface area contributed by atoms with E-state index in [9.17, 15) is 0 Å². The van der Waals surface area contributed by atoms with Crippen LogP contribution in [0.3, 0.4) is 0 Å². The Morgan fingerprint density at radius 2 is 1.78 bits per heavy atom. The lowest BCUT2D eigenvalue weighted by Gasteiger charge is -2.20. The zero-order valence-corrected chi connectivity index (χ0v) is 12.5. The summed E-state index contributed by atoms with van der Waals surface area (Å²) in [6.45, 7) is 8.03. The molecule has 0 radical (unpaired) electrons. The molecule has 0 aromatic heterocycles. The minimum Gasteiger partial charge on any atom is -0.496 e. The Bertz CT molecular complexity index is 402. The number of benzene rings is 1. The first kappa shape index (κ1) is 15.0. The number of nitrogens with zero attached hydrogens (tertiary/aromatic N) is 1. The van der Waals surface area contributed by atoms with E-state index >= 15 is 0 Å². The third kappa shape index (κ3) is 3.47. The molecule has 0 fully saturated rings. The van der Waals surface area contributed by atoms with Crippen molar-refractivity contribution in [2.24, 2.45) is 0 Å². The van der Waals surface area contributed by atoms with Crippen LogP contribution in [0.4, 0.5) is 0 Å². The van der Waals surface area contributed by atoms with Crippen LogP contribution in [0.25, 0.3) is 0 Å². The van der Waals surface area contributed by atoms with Gasteiger partial charge in [-0.2, -0.15) is 0 Å². The Balaban J connectivity index is 2.91. The van der Waals surface area contributed by atoms with Gasteiger partial charge in [0.25, 0.3) is 0 Å². The summed E-state index contributed by atoms with van der Waals surface area (Å²) in [5, 5.41) is 0. The highest BCUT2D eigenvalue weighted by molar-refractivity contribution is 5.49. The van der Waals surface area contributed by atoms with Gasteiger partial charge < -0.3 is 9.47 Å². The Morgan fingerprint density at radius 3 is 2.33 bits per heavy atom. The van der Waals surface area contributed by atoms with Crippen molar-refractivity contribution in [3.63, 3.8) is 0 Å². The first-order chi connectivity index (χ1) is 8.51. The summed E-state index contributed by atoms with van der Waals surface area (Å²) in [6, 6.07) is 2.24. The second-order valence-electron chi connectivity index (χ2n) is 4.89. The lowest BCUT2D eigenvalue weighted by atomic mass is 9.97. The Kier molecular flexibility index (Phi) is 5.63. The number of hydrogen-bond acceptors (Lipinski definition) is 3. The molecular formula is C15H25NO2. The van der Waals surface area contributed by atoms with Gasteiger partial charge in [-0.1, -0.05) is 6.07 Å². The van der Waals surface area contributed by atoms with Crippen LogP contribution in [-0.4, -0.2) is 39.4 Å². The zero-order valence-electron chi connectivity index (χ0n) is 12.5. The first-order valence-corrected chi connectivity index (χ1v) is 6.32. The van der Waals surface area contributed by atoms with Crippen LogP contribution in [0.1, 0.15) is 22.3 Å². The summed E-state index contributed by atoms with van der Waals surface area (Å²) in [5.74, 6) is 1.04. The minimum atomic E-state index is 0.659. The zero-order chi connectivity index (χ0) is 13.7. The second-order valence-corrected chi connectivity index (χ2v) is 4.89. The molecule has 0 saturated carbocycles. The SMILES string of the molecule is COCN(C)CCc1c(C)cc(C)c(C)c1OC. The molecule has 0 aliphatic carbocycles. The van der Waals surface area contributed by atoms with Crippen molar-refractivity contribution in [2.75, 3.05) is 34.5 Å². The van der Waals surface area contributed by atoms with Crippen LogP contribution in [0.2, 0.25) is 0 Å². The highest BCUT2D eigenvalue weighted by Gasteiger charge is 2.12. The topological polar surface area (TPSA) is 21.7 Å². The van der Waals surface area contributed by atoms with Crippen molar-refractivity contribution < 1.29 is 9.47 Å². The molecule has 0 unspecified atom stereocenters. The van der Waals surface area contributed by atoms with E-state index in [1.165, 1.54) is 22.3 Å². The molecule has 0 bridgehead atoms. The Morgan fingerprint density at radius 1 is 1.11 bits per heavy atom. The molecule has 0 aliphatic heterocycles. The monoisotopic (exact) mass is 251 g/mol. The van der Waals surface area contributed by atoms with Crippen molar-refractivity contribution >= 4 is 0 Å². The van der Waals surface area contributed by atoms with Crippen LogP contribution >= 0.6 is 0 Å². The van der Waals surface area contributed by atoms with Crippen LogP contribution in [-0.2, 0) is 11.2 Å². The maximum absolute atomic E-state index is 5.58. The van der Waals surface area contributed by atoms with E-state index in [2.05, 4.69) is 38.8 Å². The van der Waals surface area contributed by atoms with Crippen LogP contribution in [0, 0.1) is 20.8 Å². The molecular weight excluding hydrogens is 226 g/mol. The molecule has 0 N–H and O–H groups in total. The fourth-order valence-corrected chi connectivity index (χ4v) is 2.28. The fraction of sp³-hybridized carbons (Fsp3) is 0.600. The average molecular weight is 251 g/mol. The number of rotatable bonds is 6. The standard InChI is InChI=1S/C15H25NO2/c1-11-9-12(2)14(15(18-6)13(11)3)7-8-16(4)10-17-5/h9H,7-8,10H2,1-6H3. The summed E-state index contributed by atoms with van der Waals surface area (Å²) in [5.41, 5.74) is 5.15. The van der Waals surface area contributed by atoms with Crippen molar-refractivity contribution in [3.8, 4) is 5.75 Å². The summed E-state index contributed by atoms with van der Waals surface area (Å²) in [7, 11) is 5.54. The second kappa shape index (κ2) is 6.76. The van der Waals surface area contributed by atoms with Gasteiger partial charge in [-0.25, -0.2) is 0 Å². The number of likely N-dealkylation sites (N-methyl/N-ethyl adjacent to an activating group) is 1. The molecule has 3 heteroatoms. The van der Waals surface area contributed by atoms with E-state index < -0.39 is 0 Å². The Hall–Kier alpha value is -1.06. The van der Waals surface area contributed by atoms with Crippen molar-refractivity contribution in [2.45, 2.75) is 27.2 Å². The van der Waals surface area contributed by atoms with Gasteiger partial charge in [0.1, 0.15) is 5.75 Å². The van der Waals surface area contributed by atoms with Crippen molar-refractivity contribution in [3.05, 3.63) is 28.3 Å². The maximum Gasteiger partial charge on any atom is 0.125 e. The van der Waals surface area contributed by atoms with E-state index in [0.29, 0.717) is 6.73 Å². The number of aryl methyl sites for hydroxylation is 2. The van der Waals surface area contributed by atoms with E-state index in [1.54, 1.807) is 14.2 Å². The molecule has 18 heavy (non-hydrogen) atoms. The van der Waals surface area contributed by atoms with Gasteiger partial charge in [-0.05, 0) is 56.5 Å². The molecule has 0 atom stereocenters. The highest BCUT2D eigenvalue weighted by Crippen LogP contribution is 2.29. The minimum absolute atomic E-state index is 0.659. The number of ether oxygens (including phenoxy) is 2. The van der Waals surface area contributed by atoms with Gasteiger partial charge in [0.2, 0.25) is 0 Å². The van der Waals surface area contributed by atoms with Gasteiger partial charge in [0.15, 0.2) is 0 Å². The first-order valence-electron chi connectivity index (χ1n) is 6.32. The average Bonchev–Trinajstić information content (AvgIpc) is 2.32. The fourth-order valence-electron chi connectivity index (χ4n) is 2.28. The quantitative estimate of drug-likeness (QED) is 0.726. The molecule has 0 aliphatic rings. The number of methoxy groups -OCH3 is 2. The van der Waals surface area contributed by atoms with Gasteiger partial charge in [-0.3, -0.25) is 4.90 Å². The van der Waals surface area contributed by atoms with Gasteiger partial charge in [0.05, 0.1) is 13.8 Å². The van der Waals surface area contributed by atoms with Gasteiger partial charge >= 0.3 is 0 Å². The summed E-state index contributed by atoms with van der Waals surface area (Å²) >= 11 is 0. The lowest BCUT2D eigenvalue weighted by molar-refractivity contribution is 0.0826. The summed E-state index contributed by atoms with van der Waals surface area (Å²) in [6.07, 6.45) is 0.982. The molecule has 3 nitrogen and oxygen atoms in total. The van der Waals surface area contributed by atoms with E-state index in [4.69, 9.17) is 9.47 Å². The third-order valence-corrected chi connectivity index (χ3v) is 3.41. The highest BCUT2D eigenvalue weighted by atomic mass is 16.5. The van der Waals surface area contributed by atoms with Crippen LogP contribution in [0.15, 0.2) is 6.07 Å². The molecule has 0 spiro atoms. The normalized spacial score (nSPS) is 11.1. The van der Waals surface area contributed by atoms with Crippen LogP contribution < -0.4 is 4.74 Å². The van der Waals surface area contributed by atoms with Crippen molar-refractivity contribution in [1.29, 1.82) is 0 Å². The predicted molar refractivity (Wildman–Crippen MR) is 75.4 cm³/mol. The maximum atomic E-state index is 5.58. The number of hydrogen-bond donors (Lipinski definition) is 0. The Labute approximate surface area is 111 Å². The van der Waals surface area contributed by atoms with Gasteiger partial charge in [-0.15, -0.1) is 0 Å².